The normalized spacial score (nSPS) is 21.5. The standard InChI is InChI=1S/C15H13BrF3N3S/c16-9-1-2-11(17)10(7-9)15(14(18)19)3-4-21-13(23)12-20-5-6-22(12)8-15/h1-2,5-7,14H,3-4,8H2,(H,21,23). The van der Waals surface area contributed by atoms with E-state index in [9.17, 15) is 13.2 Å². The molecule has 3 rings (SSSR count). The van der Waals surface area contributed by atoms with Gasteiger partial charge in [0.25, 0.3) is 0 Å². The number of nitrogens with one attached hydrogen (secondary N) is 1. The predicted octanol–water partition coefficient (Wildman–Crippen LogP) is 3.66. The highest BCUT2D eigenvalue weighted by atomic mass is 79.9. The Kier molecular flexibility index (Phi) is 4.46. The Labute approximate surface area is 145 Å². The maximum Gasteiger partial charge on any atom is 0.250 e. The summed E-state index contributed by atoms with van der Waals surface area (Å²) in [7, 11) is 0. The quantitative estimate of drug-likeness (QED) is 0.776. The van der Waals surface area contributed by atoms with Gasteiger partial charge >= 0.3 is 0 Å². The lowest BCUT2D eigenvalue weighted by Gasteiger charge is -2.36. The molecule has 1 unspecified atom stereocenters. The number of halogens is 4. The molecule has 1 aliphatic heterocycles. The number of alkyl halides is 2. The maximum atomic E-state index is 14.3. The lowest BCUT2D eigenvalue weighted by Crippen LogP contribution is -2.46. The van der Waals surface area contributed by atoms with Gasteiger partial charge in [0.05, 0.1) is 5.41 Å². The van der Waals surface area contributed by atoms with E-state index in [1.807, 2.05) is 0 Å². The van der Waals surface area contributed by atoms with Gasteiger partial charge in [0.1, 0.15) is 10.8 Å². The minimum atomic E-state index is -2.74. The predicted molar refractivity (Wildman–Crippen MR) is 88.3 cm³/mol. The van der Waals surface area contributed by atoms with Crippen LogP contribution in [0.15, 0.2) is 35.1 Å². The molecule has 2 heterocycles. The third-order valence-electron chi connectivity index (χ3n) is 4.11. The summed E-state index contributed by atoms with van der Waals surface area (Å²) < 4.78 is 44.7. The van der Waals surface area contributed by atoms with Crippen LogP contribution in [0.4, 0.5) is 13.2 Å². The Morgan fingerprint density at radius 2 is 2.17 bits per heavy atom. The number of fused-ring (bicyclic) bond motifs is 1. The molecular weight excluding hydrogens is 391 g/mol. The van der Waals surface area contributed by atoms with Crippen molar-refractivity contribution < 1.29 is 13.2 Å². The molecule has 2 aromatic rings. The van der Waals surface area contributed by atoms with Crippen LogP contribution >= 0.6 is 28.1 Å². The van der Waals surface area contributed by atoms with Gasteiger partial charge < -0.3 is 9.88 Å². The summed E-state index contributed by atoms with van der Waals surface area (Å²) >= 11 is 8.44. The summed E-state index contributed by atoms with van der Waals surface area (Å²) in [6.45, 7) is 0.136. The number of imidazole rings is 1. The van der Waals surface area contributed by atoms with E-state index in [2.05, 4.69) is 26.2 Å². The summed E-state index contributed by atoms with van der Waals surface area (Å²) in [5.74, 6) is -0.224. The molecule has 0 aliphatic carbocycles. The Balaban J connectivity index is 2.17. The highest BCUT2D eigenvalue weighted by Crippen LogP contribution is 2.39. The second-order valence-electron chi connectivity index (χ2n) is 5.47. The van der Waals surface area contributed by atoms with Crippen molar-refractivity contribution in [3.8, 4) is 0 Å². The molecule has 0 amide bonds. The first-order valence-corrected chi connectivity index (χ1v) is 8.17. The minimum Gasteiger partial charge on any atom is -0.373 e. The van der Waals surface area contributed by atoms with Gasteiger partial charge in [-0.2, -0.15) is 0 Å². The first kappa shape index (κ1) is 16.4. The van der Waals surface area contributed by atoms with Crippen molar-refractivity contribution in [3.63, 3.8) is 0 Å². The van der Waals surface area contributed by atoms with E-state index in [0.717, 1.165) is 0 Å². The lowest BCUT2D eigenvalue weighted by atomic mass is 9.76. The van der Waals surface area contributed by atoms with Crippen LogP contribution in [-0.2, 0) is 12.0 Å². The Morgan fingerprint density at radius 3 is 2.91 bits per heavy atom. The highest BCUT2D eigenvalue weighted by Gasteiger charge is 2.45. The third kappa shape index (κ3) is 2.89. The van der Waals surface area contributed by atoms with Gasteiger partial charge in [-0.05, 0) is 24.6 Å². The summed E-state index contributed by atoms with van der Waals surface area (Å²) in [5, 5.41) is 2.92. The molecule has 1 atom stereocenters. The zero-order chi connectivity index (χ0) is 16.6. The van der Waals surface area contributed by atoms with Crippen LogP contribution in [-0.4, -0.2) is 27.5 Å². The van der Waals surface area contributed by atoms with Crippen molar-refractivity contribution in [2.45, 2.75) is 24.8 Å². The molecule has 1 N–H and O–H groups in total. The van der Waals surface area contributed by atoms with Gasteiger partial charge in [-0.15, -0.1) is 0 Å². The number of benzene rings is 1. The maximum absolute atomic E-state index is 14.3. The summed E-state index contributed by atoms with van der Waals surface area (Å²) in [5.41, 5.74) is -1.66. The summed E-state index contributed by atoms with van der Waals surface area (Å²) in [6.07, 6.45) is 0.398. The number of nitrogens with zero attached hydrogens (tertiary/aromatic N) is 2. The average molecular weight is 404 g/mol. The minimum absolute atomic E-state index is 0.00357. The number of aromatic nitrogens is 2. The fraction of sp³-hybridized carbons (Fsp3) is 0.333. The van der Waals surface area contributed by atoms with Gasteiger partial charge in [0, 0.05) is 35.5 Å². The van der Waals surface area contributed by atoms with Gasteiger partial charge in [-0.25, -0.2) is 18.2 Å². The van der Waals surface area contributed by atoms with Gasteiger partial charge in [-0.1, -0.05) is 28.1 Å². The second-order valence-corrected chi connectivity index (χ2v) is 6.79. The molecule has 0 spiro atoms. The molecule has 8 heteroatoms. The topological polar surface area (TPSA) is 29.9 Å². The molecule has 1 aromatic carbocycles. The van der Waals surface area contributed by atoms with E-state index in [1.54, 1.807) is 10.8 Å². The largest absolute Gasteiger partial charge is 0.373 e. The molecule has 0 radical (unpaired) electrons. The average Bonchev–Trinajstić information content (AvgIpc) is 2.94. The van der Waals surface area contributed by atoms with E-state index in [-0.39, 0.29) is 25.1 Å². The van der Waals surface area contributed by atoms with Crippen molar-refractivity contribution in [2.24, 2.45) is 0 Å². The zero-order valence-corrected chi connectivity index (χ0v) is 14.3. The fourth-order valence-electron chi connectivity index (χ4n) is 2.90. The monoisotopic (exact) mass is 403 g/mol. The van der Waals surface area contributed by atoms with Crippen LogP contribution in [0, 0.1) is 5.82 Å². The number of thiocarbonyl (C=S) groups is 1. The highest BCUT2D eigenvalue weighted by molar-refractivity contribution is 9.10. The summed E-state index contributed by atoms with van der Waals surface area (Å²) in [6, 6.07) is 4.13. The van der Waals surface area contributed by atoms with Crippen molar-refractivity contribution in [1.82, 2.24) is 14.9 Å². The van der Waals surface area contributed by atoms with Crippen molar-refractivity contribution >= 4 is 33.1 Å². The van der Waals surface area contributed by atoms with E-state index in [0.29, 0.717) is 15.3 Å². The van der Waals surface area contributed by atoms with E-state index >= 15 is 0 Å². The van der Waals surface area contributed by atoms with Crippen LogP contribution in [0.2, 0.25) is 0 Å². The molecule has 0 bridgehead atoms. The molecule has 0 saturated carbocycles. The number of rotatable bonds is 2. The van der Waals surface area contributed by atoms with Gasteiger partial charge in [0.2, 0.25) is 6.43 Å². The van der Waals surface area contributed by atoms with E-state index in [4.69, 9.17) is 12.2 Å². The van der Waals surface area contributed by atoms with Crippen LogP contribution in [0.3, 0.4) is 0 Å². The van der Waals surface area contributed by atoms with Crippen LogP contribution in [0.5, 0.6) is 0 Å². The first-order chi connectivity index (χ1) is 10.9. The number of hydrogen-bond acceptors (Lipinski definition) is 2. The molecule has 1 aromatic heterocycles. The first-order valence-electron chi connectivity index (χ1n) is 6.97. The molecule has 122 valence electrons. The van der Waals surface area contributed by atoms with Crippen molar-refractivity contribution in [1.29, 1.82) is 0 Å². The molecule has 3 nitrogen and oxygen atoms in total. The zero-order valence-electron chi connectivity index (χ0n) is 11.9. The van der Waals surface area contributed by atoms with Crippen LogP contribution < -0.4 is 5.32 Å². The van der Waals surface area contributed by atoms with Crippen LogP contribution in [0.25, 0.3) is 0 Å². The lowest BCUT2D eigenvalue weighted by molar-refractivity contribution is 0.0300. The third-order valence-corrected chi connectivity index (χ3v) is 4.93. The van der Waals surface area contributed by atoms with Gasteiger partial charge in [-0.3, -0.25) is 0 Å². The summed E-state index contributed by atoms with van der Waals surface area (Å²) in [4.78, 5) is 4.52. The SMILES string of the molecule is Fc1ccc(Br)cc1C1(C(F)F)CCNC(=S)c2nccn2C1. The Morgan fingerprint density at radius 1 is 1.39 bits per heavy atom. The molecule has 23 heavy (non-hydrogen) atoms. The van der Waals surface area contributed by atoms with E-state index in [1.165, 1.54) is 24.4 Å². The molecule has 0 saturated heterocycles. The van der Waals surface area contributed by atoms with E-state index < -0.39 is 17.7 Å². The molecular formula is C15H13BrF3N3S. The van der Waals surface area contributed by atoms with Crippen molar-refractivity contribution in [2.75, 3.05) is 6.54 Å². The smallest absolute Gasteiger partial charge is 0.250 e. The van der Waals surface area contributed by atoms with Crippen LogP contribution in [0.1, 0.15) is 17.8 Å². The molecule has 0 fully saturated rings. The molecule has 1 aliphatic rings. The second kappa shape index (κ2) is 6.24. The Bertz CT molecular complexity index is 749. The van der Waals surface area contributed by atoms with Gasteiger partial charge in [0.15, 0.2) is 5.82 Å². The fourth-order valence-corrected chi connectivity index (χ4v) is 3.53. The number of hydrogen-bond donors (Lipinski definition) is 1. The Hall–Kier alpha value is -1.41. The van der Waals surface area contributed by atoms with Crippen molar-refractivity contribution in [3.05, 3.63) is 52.3 Å².